The Labute approximate surface area is 248 Å². The van der Waals surface area contributed by atoms with Crippen molar-refractivity contribution in [1.82, 2.24) is 0 Å². The van der Waals surface area contributed by atoms with Crippen molar-refractivity contribution < 1.29 is 27.5 Å². The molecule has 0 spiro atoms. The molecule has 1 rings (SSSR count). The zero-order valence-electron chi connectivity index (χ0n) is 27.9. The molecule has 6 nitrogen and oxygen atoms in total. The zero-order valence-corrected chi connectivity index (χ0v) is 31.8. The average Bonchev–Trinajstić information content (AvgIpc) is 2.71. The van der Waals surface area contributed by atoms with Gasteiger partial charge in [0.25, 0.3) is 0 Å². The Bertz CT molecular complexity index is 826. The minimum absolute atomic E-state index is 0.0151. The molecule has 0 radical (unpaired) electrons. The van der Waals surface area contributed by atoms with Crippen molar-refractivity contribution in [2.45, 2.75) is 154 Å². The molecule has 5 unspecified atom stereocenters. The minimum atomic E-state index is -2.29. The van der Waals surface area contributed by atoms with Gasteiger partial charge in [0.05, 0.1) is 18.8 Å². The third-order valence-electron chi connectivity index (χ3n) is 9.13. The highest BCUT2D eigenvalue weighted by atomic mass is 32.2. The molecule has 39 heavy (non-hydrogen) atoms. The van der Waals surface area contributed by atoms with E-state index < -0.39 is 55.7 Å². The second-order valence-electron chi connectivity index (χ2n) is 15.5. The van der Waals surface area contributed by atoms with Crippen LogP contribution in [-0.4, -0.2) is 73.1 Å². The van der Waals surface area contributed by atoms with Crippen LogP contribution in [0, 0.1) is 0 Å². The van der Waals surface area contributed by atoms with Crippen LogP contribution in [0.3, 0.4) is 0 Å². The number of ether oxygens (including phenoxy) is 2. The highest BCUT2D eigenvalue weighted by Gasteiger charge is 2.56. The molecule has 0 aliphatic carbocycles. The highest BCUT2D eigenvalue weighted by molar-refractivity contribution is 8.13. The Hall–Kier alpha value is 0.211. The fourth-order valence-corrected chi connectivity index (χ4v) is 8.03. The van der Waals surface area contributed by atoms with E-state index >= 15 is 0 Å². The van der Waals surface area contributed by atoms with Crippen LogP contribution in [0.15, 0.2) is 12.7 Å². The van der Waals surface area contributed by atoms with Crippen LogP contribution in [0.1, 0.15) is 69.2 Å². The van der Waals surface area contributed by atoms with E-state index in [2.05, 4.69) is 108 Å². The molecule has 0 aromatic carbocycles. The number of hydrogen-bond acceptors (Lipinski definition) is 7. The predicted molar refractivity (Wildman–Crippen MR) is 174 cm³/mol. The summed E-state index contributed by atoms with van der Waals surface area (Å²) in [6.07, 6.45) is -0.608. The van der Waals surface area contributed by atoms with E-state index in [1.165, 1.54) is 11.8 Å². The van der Waals surface area contributed by atoms with Crippen molar-refractivity contribution in [3.05, 3.63) is 12.7 Å². The summed E-state index contributed by atoms with van der Waals surface area (Å²) in [6.45, 7) is 39.5. The maximum absolute atomic E-state index is 12.1. The lowest BCUT2D eigenvalue weighted by molar-refractivity contribution is -0.280. The maximum atomic E-state index is 12.1. The first-order valence-electron chi connectivity index (χ1n) is 14.3. The van der Waals surface area contributed by atoms with Gasteiger partial charge in [0.15, 0.2) is 36.4 Å². The molecule has 230 valence electrons. The summed E-state index contributed by atoms with van der Waals surface area (Å²) in [4.78, 5) is 12.1. The van der Waals surface area contributed by atoms with Crippen LogP contribution >= 0.6 is 11.8 Å². The minimum Gasteiger partial charge on any atom is -0.409 e. The quantitative estimate of drug-likeness (QED) is 0.170. The maximum Gasteiger partial charge on any atom is 0.192 e. The van der Waals surface area contributed by atoms with Gasteiger partial charge in [-0.1, -0.05) is 80.2 Å². The van der Waals surface area contributed by atoms with Gasteiger partial charge in [-0.25, -0.2) is 0 Å². The zero-order chi connectivity index (χ0) is 30.8. The molecule has 1 fully saturated rings. The molecule has 5 atom stereocenters. The molecule has 1 saturated heterocycles. The normalized spacial score (nSPS) is 26.0. The van der Waals surface area contributed by atoms with E-state index in [-0.39, 0.29) is 20.2 Å². The van der Waals surface area contributed by atoms with Gasteiger partial charge in [-0.15, -0.1) is 6.58 Å². The molecular formula is C29H60O6SSi3. The van der Waals surface area contributed by atoms with E-state index in [0.29, 0.717) is 12.4 Å². The summed E-state index contributed by atoms with van der Waals surface area (Å²) in [6, 6.07) is 0. The van der Waals surface area contributed by atoms with Gasteiger partial charge in [-0.3, -0.25) is 4.79 Å². The smallest absolute Gasteiger partial charge is 0.192 e. The molecule has 0 aromatic heterocycles. The van der Waals surface area contributed by atoms with E-state index in [4.69, 9.17) is 22.8 Å². The molecule has 0 amide bonds. The average molecular weight is 621 g/mol. The van der Waals surface area contributed by atoms with Crippen LogP contribution in [0.2, 0.25) is 54.4 Å². The topological polar surface area (TPSA) is 63.2 Å². The van der Waals surface area contributed by atoms with E-state index in [0.717, 1.165) is 0 Å². The second-order valence-corrected chi connectivity index (χ2v) is 31.0. The summed E-state index contributed by atoms with van der Waals surface area (Å²) in [5.41, 5.74) is 0. The number of hydrogen-bond donors (Lipinski definition) is 0. The molecule has 0 bridgehead atoms. The van der Waals surface area contributed by atoms with Crippen LogP contribution in [0.5, 0.6) is 0 Å². The van der Waals surface area contributed by atoms with E-state index in [9.17, 15) is 4.79 Å². The predicted octanol–water partition coefficient (Wildman–Crippen LogP) is 8.36. The largest absolute Gasteiger partial charge is 0.409 e. The number of rotatable bonds is 11. The van der Waals surface area contributed by atoms with Crippen molar-refractivity contribution in [2.24, 2.45) is 0 Å². The lowest BCUT2D eigenvalue weighted by Crippen LogP contribution is -2.68. The van der Waals surface area contributed by atoms with Gasteiger partial charge in [0.2, 0.25) is 0 Å². The van der Waals surface area contributed by atoms with Gasteiger partial charge in [-0.05, 0) is 54.4 Å². The first-order valence-corrected chi connectivity index (χ1v) is 24.0. The van der Waals surface area contributed by atoms with E-state index in [1.54, 1.807) is 13.0 Å². The van der Waals surface area contributed by atoms with Crippen molar-refractivity contribution >= 4 is 41.8 Å². The Kier molecular flexibility index (Phi) is 12.6. The molecule has 0 N–H and O–H groups in total. The summed E-state index contributed by atoms with van der Waals surface area (Å²) in [5.74, 6) is 0.465. The van der Waals surface area contributed by atoms with Gasteiger partial charge in [0, 0.05) is 12.7 Å². The first-order chi connectivity index (χ1) is 17.3. The van der Waals surface area contributed by atoms with Crippen molar-refractivity contribution in [3.8, 4) is 0 Å². The SMILES string of the molecule is C=CCOC1OC(CSC(C)=O)C(O[Si](C)(C)C(C)(C)C)C(O[Si](C)(C)C(C)(C)C)C1O[Si](C)(C)C(C)(C)C. The van der Waals surface area contributed by atoms with E-state index in [1.807, 2.05) is 0 Å². The van der Waals surface area contributed by atoms with Gasteiger partial charge in [0.1, 0.15) is 12.2 Å². The fourth-order valence-electron chi connectivity index (χ4n) is 3.46. The fraction of sp³-hybridized carbons (Fsp3) is 0.897. The van der Waals surface area contributed by atoms with Gasteiger partial charge >= 0.3 is 0 Å². The van der Waals surface area contributed by atoms with Crippen molar-refractivity contribution in [2.75, 3.05) is 12.4 Å². The Morgan fingerprint density at radius 3 is 1.51 bits per heavy atom. The lowest BCUT2D eigenvalue weighted by atomic mass is 10.00. The van der Waals surface area contributed by atoms with Gasteiger partial charge < -0.3 is 22.8 Å². The second kappa shape index (κ2) is 13.2. The molecule has 0 aromatic rings. The Balaban J connectivity index is 3.84. The summed E-state index contributed by atoms with van der Waals surface area (Å²) in [5, 5.41) is -0.00204. The summed E-state index contributed by atoms with van der Waals surface area (Å²) >= 11 is 1.26. The number of thioether (sulfide) groups is 1. The molecule has 10 heteroatoms. The monoisotopic (exact) mass is 620 g/mol. The van der Waals surface area contributed by atoms with Crippen molar-refractivity contribution in [3.63, 3.8) is 0 Å². The molecule has 1 aliphatic rings. The molecule has 0 saturated carbocycles. The summed E-state index contributed by atoms with van der Waals surface area (Å²) in [7, 11) is -6.83. The molecule has 1 aliphatic heterocycles. The molecule has 1 heterocycles. The van der Waals surface area contributed by atoms with Gasteiger partial charge in [-0.2, -0.15) is 0 Å². The van der Waals surface area contributed by atoms with Crippen molar-refractivity contribution in [1.29, 1.82) is 0 Å². The third kappa shape index (κ3) is 9.88. The van der Waals surface area contributed by atoms with Crippen LogP contribution in [0.4, 0.5) is 0 Å². The Morgan fingerprint density at radius 2 is 1.15 bits per heavy atom. The number of carbonyl (C=O) groups is 1. The van der Waals surface area contributed by atoms with Crippen LogP contribution in [-0.2, 0) is 27.5 Å². The molecular weight excluding hydrogens is 561 g/mol. The Morgan fingerprint density at radius 1 is 0.769 bits per heavy atom. The van der Waals surface area contributed by atoms with Crippen LogP contribution < -0.4 is 0 Å². The standard InChI is InChI=1S/C29H60O6SSi3/c1-18-19-31-26-25(35-39(16,17)29(9,10)11)24(34-38(14,15)28(6,7)8)23(22(32-26)20-36-21(2)30)33-37(12,13)27(3,4)5/h18,22-26H,1,19-20H2,2-17H3. The number of carbonyl (C=O) groups excluding carboxylic acids is 1. The third-order valence-corrected chi connectivity index (χ3v) is 23.5. The van der Waals surface area contributed by atoms with Crippen LogP contribution in [0.25, 0.3) is 0 Å². The first kappa shape index (κ1) is 37.2. The highest BCUT2D eigenvalue weighted by Crippen LogP contribution is 2.46. The lowest BCUT2D eigenvalue weighted by Gasteiger charge is -2.54. The summed E-state index contributed by atoms with van der Waals surface area (Å²) < 4.78 is 34.6.